The molecule has 0 radical (unpaired) electrons. The fraction of sp³-hybridized carbons (Fsp3) is 0.444. The second-order valence-corrected chi connectivity index (χ2v) is 5.87. The van der Waals surface area contributed by atoms with Gasteiger partial charge in [-0.2, -0.15) is 0 Å². The Bertz CT molecular complexity index is 627. The van der Waals surface area contributed by atoms with E-state index in [-0.39, 0.29) is 6.10 Å². The highest BCUT2D eigenvalue weighted by atomic mass is 16.5. The van der Waals surface area contributed by atoms with Gasteiger partial charge >= 0.3 is 0 Å². The molecular weight excluding hydrogens is 290 g/mol. The van der Waals surface area contributed by atoms with Crippen LogP contribution < -0.4 is 5.32 Å². The normalized spacial score (nSPS) is 17.3. The summed E-state index contributed by atoms with van der Waals surface area (Å²) in [5, 5.41) is 3.30. The maximum atomic E-state index is 5.77. The Morgan fingerprint density at radius 2 is 2.22 bits per heavy atom. The van der Waals surface area contributed by atoms with E-state index < -0.39 is 0 Å². The van der Waals surface area contributed by atoms with Gasteiger partial charge in [-0.05, 0) is 30.9 Å². The molecular formula is C18H23N3O2. The molecule has 1 aromatic carbocycles. The molecule has 1 N–H and O–H groups in total. The average molecular weight is 313 g/mol. The number of nitrogens with one attached hydrogen (secondary N) is 1. The van der Waals surface area contributed by atoms with E-state index in [4.69, 9.17) is 9.47 Å². The van der Waals surface area contributed by atoms with Crippen molar-refractivity contribution in [2.75, 3.05) is 18.5 Å². The maximum absolute atomic E-state index is 5.77. The predicted octanol–water partition coefficient (Wildman–Crippen LogP) is 3.09. The Labute approximate surface area is 137 Å². The van der Waals surface area contributed by atoms with Crippen LogP contribution in [0.5, 0.6) is 0 Å². The molecule has 0 bridgehead atoms. The van der Waals surface area contributed by atoms with Crippen molar-refractivity contribution in [1.29, 1.82) is 0 Å². The van der Waals surface area contributed by atoms with Gasteiger partial charge in [-0.15, -0.1) is 0 Å². The summed E-state index contributed by atoms with van der Waals surface area (Å²) in [6, 6.07) is 8.40. The lowest BCUT2D eigenvalue weighted by molar-refractivity contribution is 0.0106. The third-order valence-electron chi connectivity index (χ3n) is 3.82. The zero-order chi connectivity index (χ0) is 15.9. The maximum Gasteiger partial charge on any atom is 0.145 e. The lowest BCUT2D eigenvalue weighted by Crippen LogP contribution is -2.13. The molecule has 1 saturated heterocycles. The van der Waals surface area contributed by atoms with Gasteiger partial charge in [0.1, 0.15) is 5.82 Å². The minimum absolute atomic E-state index is 0.278. The van der Waals surface area contributed by atoms with Crippen molar-refractivity contribution in [3.63, 3.8) is 0 Å². The van der Waals surface area contributed by atoms with E-state index in [9.17, 15) is 0 Å². The monoisotopic (exact) mass is 313 g/mol. The zero-order valence-electron chi connectivity index (χ0n) is 13.5. The van der Waals surface area contributed by atoms with Crippen LogP contribution in [0.2, 0.25) is 0 Å². The minimum atomic E-state index is 0.278. The summed E-state index contributed by atoms with van der Waals surface area (Å²) in [4.78, 5) is 8.53. The van der Waals surface area contributed by atoms with Gasteiger partial charge < -0.3 is 14.8 Å². The van der Waals surface area contributed by atoms with Crippen molar-refractivity contribution in [2.24, 2.45) is 0 Å². The third kappa shape index (κ3) is 5.01. The van der Waals surface area contributed by atoms with Crippen molar-refractivity contribution >= 4 is 5.82 Å². The number of hydrogen-bond acceptors (Lipinski definition) is 5. The first-order valence-electron chi connectivity index (χ1n) is 8.09. The van der Waals surface area contributed by atoms with Crippen molar-refractivity contribution < 1.29 is 9.47 Å². The largest absolute Gasteiger partial charge is 0.376 e. The van der Waals surface area contributed by atoms with Crippen LogP contribution in [0.25, 0.3) is 0 Å². The predicted molar refractivity (Wildman–Crippen MR) is 89.2 cm³/mol. The van der Waals surface area contributed by atoms with Crippen LogP contribution in [0, 0.1) is 6.92 Å². The van der Waals surface area contributed by atoms with E-state index in [0.29, 0.717) is 13.2 Å². The molecule has 1 aliphatic rings. The zero-order valence-corrected chi connectivity index (χ0v) is 13.5. The summed E-state index contributed by atoms with van der Waals surface area (Å²) < 4.78 is 11.3. The summed E-state index contributed by atoms with van der Waals surface area (Å²) in [5.41, 5.74) is 3.29. The van der Waals surface area contributed by atoms with E-state index in [1.807, 2.05) is 6.92 Å². The van der Waals surface area contributed by atoms with Crippen molar-refractivity contribution in [1.82, 2.24) is 9.97 Å². The second kappa shape index (κ2) is 8.04. The molecule has 5 nitrogen and oxygen atoms in total. The number of ether oxygens (including phenoxy) is 2. The van der Waals surface area contributed by atoms with Crippen LogP contribution in [-0.2, 0) is 22.6 Å². The Hall–Kier alpha value is -1.98. The molecule has 0 amide bonds. The number of aromatic nitrogens is 2. The quantitative estimate of drug-likeness (QED) is 0.851. The summed E-state index contributed by atoms with van der Waals surface area (Å²) in [6.45, 7) is 4.83. The number of hydrogen-bond donors (Lipinski definition) is 1. The molecule has 122 valence electrons. The SMILES string of the molecule is Cc1cncc(NCc2cccc(COCC3CCCO3)c2)n1. The molecule has 23 heavy (non-hydrogen) atoms. The van der Waals surface area contributed by atoms with Gasteiger partial charge in [-0.3, -0.25) is 4.98 Å². The van der Waals surface area contributed by atoms with Gasteiger partial charge in [0.25, 0.3) is 0 Å². The van der Waals surface area contributed by atoms with Crippen LogP contribution in [-0.4, -0.2) is 29.3 Å². The Kier molecular flexibility index (Phi) is 5.56. The lowest BCUT2D eigenvalue weighted by atomic mass is 10.1. The molecule has 1 aliphatic heterocycles. The molecule has 1 atom stereocenters. The number of nitrogens with zero attached hydrogens (tertiary/aromatic N) is 2. The Morgan fingerprint density at radius 1 is 1.30 bits per heavy atom. The van der Waals surface area contributed by atoms with E-state index in [0.717, 1.165) is 37.5 Å². The van der Waals surface area contributed by atoms with Gasteiger partial charge in [-0.25, -0.2) is 4.98 Å². The fourth-order valence-corrected chi connectivity index (χ4v) is 2.65. The van der Waals surface area contributed by atoms with Gasteiger partial charge in [-0.1, -0.05) is 24.3 Å². The first-order valence-corrected chi connectivity index (χ1v) is 8.09. The Morgan fingerprint density at radius 3 is 3.04 bits per heavy atom. The second-order valence-electron chi connectivity index (χ2n) is 5.87. The highest BCUT2D eigenvalue weighted by molar-refractivity contribution is 5.34. The molecule has 0 spiro atoms. The van der Waals surface area contributed by atoms with Crippen LogP contribution in [0.15, 0.2) is 36.7 Å². The molecule has 1 aromatic heterocycles. The van der Waals surface area contributed by atoms with Crippen molar-refractivity contribution in [3.05, 3.63) is 53.5 Å². The number of aryl methyl sites for hydroxylation is 1. The molecule has 1 fully saturated rings. The van der Waals surface area contributed by atoms with Crippen molar-refractivity contribution in [2.45, 2.75) is 39.0 Å². The number of anilines is 1. The van der Waals surface area contributed by atoms with Gasteiger partial charge in [0, 0.05) is 19.3 Å². The average Bonchev–Trinajstić information content (AvgIpc) is 3.07. The molecule has 2 aromatic rings. The van der Waals surface area contributed by atoms with Crippen molar-refractivity contribution in [3.8, 4) is 0 Å². The van der Waals surface area contributed by atoms with Crippen LogP contribution in [0.1, 0.15) is 29.7 Å². The highest BCUT2D eigenvalue weighted by Crippen LogP contribution is 2.14. The van der Waals surface area contributed by atoms with E-state index in [2.05, 4.69) is 39.6 Å². The molecule has 3 rings (SSSR count). The summed E-state index contributed by atoms with van der Waals surface area (Å²) in [5.74, 6) is 0.796. The first kappa shape index (κ1) is 15.9. The highest BCUT2D eigenvalue weighted by Gasteiger charge is 2.15. The molecule has 0 saturated carbocycles. The fourth-order valence-electron chi connectivity index (χ4n) is 2.65. The van der Waals surface area contributed by atoms with Gasteiger partial charge in [0.15, 0.2) is 0 Å². The first-order chi connectivity index (χ1) is 11.3. The number of benzene rings is 1. The lowest BCUT2D eigenvalue weighted by Gasteiger charge is -2.11. The standard InChI is InChI=1S/C18H23N3O2/c1-14-9-19-11-18(21-14)20-10-15-4-2-5-16(8-15)12-22-13-17-6-3-7-23-17/h2,4-5,8-9,11,17H,3,6-7,10,12-13H2,1H3,(H,20,21). The smallest absolute Gasteiger partial charge is 0.145 e. The Balaban J connectivity index is 1.48. The van der Waals surface area contributed by atoms with Gasteiger partial charge in [0.2, 0.25) is 0 Å². The molecule has 1 unspecified atom stereocenters. The van der Waals surface area contributed by atoms with E-state index >= 15 is 0 Å². The summed E-state index contributed by atoms with van der Waals surface area (Å²) >= 11 is 0. The van der Waals surface area contributed by atoms with Crippen LogP contribution in [0.3, 0.4) is 0 Å². The topological polar surface area (TPSA) is 56.3 Å². The summed E-state index contributed by atoms with van der Waals surface area (Å²) in [6.07, 6.45) is 6.02. The molecule has 5 heteroatoms. The molecule has 0 aliphatic carbocycles. The number of rotatable bonds is 7. The van der Waals surface area contributed by atoms with E-state index in [1.165, 1.54) is 11.1 Å². The van der Waals surface area contributed by atoms with Gasteiger partial charge in [0.05, 0.1) is 31.2 Å². The summed E-state index contributed by atoms with van der Waals surface area (Å²) in [7, 11) is 0. The van der Waals surface area contributed by atoms with Crippen LogP contribution in [0.4, 0.5) is 5.82 Å². The molecule has 2 heterocycles. The van der Waals surface area contributed by atoms with E-state index in [1.54, 1.807) is 12.4 Å². The third-order valence-corrected chi connectivity index (χ3v) is 3.82. The minimum Gasteiger partial charge on any atom is -0.376 e. The van der Waals surface area contributed by atoms with Crippen LogP contribution >= 0.6 is 0 Å².